The van der Waals surface area contributed by atoms with Crippen LogP contribution in [0.25, 0.3) is 0 Å². The van der Waals surface area contributed by atoms with E-state index in [1.165, 1.54) is 9.80 Å². The zero-order valence-corrected chi connectivity index (χ0v) is 10.4. The molecule has 0 aliphatic carbocycles. The van der Waals surface area contributed by atoms with Gasteiger partial charge in [0.1, 0.15) is 6.04 Å². The summed E-state index contributed by atoms with van der Waals surface area (Å²) in [5, 5.41) is 0.584. The summed E-state index contributed by atoms with van der Waals surface area (Å²) in [5.41, 5.74) is 0.732. The quantitative estimate of drug-likeness (QED) is 0.749. The molecule has 1 heterocycles. The van der Waals surface area contributed by atoms with Gasteiger partial charge in [-0.3, -0.25) is 9.59 Å². The molecule has 4 nitrogen and oxygen atoms in total. The van der Waals surface area contributed by atoms with Gasteiger partial charge in [0.25, 0.3) is 0 Å². The molecule has 0 N–H and O–H groups in total. The van der Waals surface area contributed by atoms with Crippen molar-refractivity contribution in [2.24, 2.45) is 0 Å². The van der Waals surface area contributed by atoms with Crippen LogP contribution in [0.15, 0.2) is 24.3 Å². The Labute approximate surface area is 105 Å². The third-order valence-electron chi connectivity index (χ3n) is 3.04. The van der Waals surface area contributed by atoms with E-state index >= 15 is 0 Å². The van der Waals surface area contributed by atoms with Crippen LogP contribution in [0.1, 0.15) is 6.42 Å². The first-order valence-corrected chi connectivity index (χ1v) is 5.67. The third-order valence-corrected chi connectivity index (χ3v) is 3.28. The average molecular weight is 253 g/mol. The number of benzene rings is 1. The molecule has 0 saturated carbocycles. The lowest BCUT2D eigenvalue weighted by atomic mass is 10.0. The Kier molecular flexibility index (Phi) is 3.07. The maximum Gasteiger partial charge on any atom is 0.250 e. The number of β-lactam (4-membered cyclic amide) rings is 1. The van der Waals surface area contributed by atoms with Crippen molar-refractivity contribution in [2.45, 2.75) is 12.5 Å². The minimum absolute atomic E-state index is 0.00263. The predicted octanol–water partition coefficient (Wildman–Crippen LogP) is 1.53. The Bertz CT molecular complexity index is 475. The molecule has 1 aliphatic rings. The lowest BCUT2D eigenvalue weighted by Gasteiger charge is -2.38. The molecule has 90 valence electrons. The van der Waals surface area contributed by atoms with Crippen molar-refractivity contribution in [1.82, 2.24) is 4.90 Å². The number of nitrogens with zero attached hydrogens (tertiary/aromatic N) is 2. The zero-order valence-electron chi connectivity index (χ0n) is 9.68. The second kappa shape index (κ2) is 4.37. The minimum atomic E-state index is -0.341. The Morgan fingerprint density at radius 3 is 2.76 bits per heavy atom. The van der Waals surface area contributed by atoms with Gasteiger partial charge >= 0.3 is 0 Å². The van der Waals surface area contributed by atoms with Crippen LogP contribution in [0.4, 0.5) is 5.69 Å². The number of hydrogen-bond acceptors (Lipinski definition) is 2. The molecular formula is C12H13ClN2O2. The maximum atomic E-state index is 12.1. The van der Waals surface area contributed by atoms with Gasteiger partial charge in [0.15, 0.2) is 0 Å². The fourth-order valence-corrected chi connectivity index (χ4v) is 1.98. The molecule has 1 aliphatic heterocycles. The molecule has 1 aromatic rings. The number of hydrogen-bond donors (Lipinski definition) is 0. The van der Waals surface area contributed by atoms with Gasteiger partial charge in [-0.15, -0.1) is 0 Å². The van der Waals surface area contributed by atoms with E-state index < -0.39 is 0 Å². The normalized spacial score (nSPS) is 18.9. The number of carbonyl (C=O) groups is 2. The van der Waals surface area contributed by atoms with E-state index in [0.717, 1.165) is 5.69 Å². The summed E-state index contributed by atoms with van der Waals surface area (Å²) in [4.78, 5) is 26.2. The van der Waals surface area contributed by atoms with Gasteiger partial charge in [-0.25, -0.2) is 0 Å². The van der Waals surface area contributed by atoms with Crippen LogP contribution < -0.4 is 4.90 Å². The summed E-state index contributed by atoms with van der Waals surface area (Å²) >= 11 is 5.87. The Morgan fingerprint density at radius 2 is 2.24 bits per heavy atom. The minimum Gasteiger partial charge on any atom is -0.333 e. The summed E-state index contributed by atoms with van der Waals surface area (Å²) in [6, 6.07) is 6.73. The highest BCUT2D eigenvalue weighted by Gasteiger charge is 2.39. The van der Waals surface area contributed by atoms with E-state index in [0.29, 0.717) is 11.4 Å². The summed E-state index contributed by atoms with van der Waals surface area (Å²) < 4.78 is 0. The highest BCUT2D eigenvalue weighted by molar-refractivity contribution is 6.30. The molecule has 1 unspecified atom stereocenters. The van der Waals surface area contributed by atoms with Crippen molar-refractivity contribution >= 4 is 29.1 Å². The molecule has 0 aromatic heterocycles. The summed E-state index contributed by atoms with van der Waals surface area (Å²) in [7, 11) is 3.32. The van der Waals surface area contributed by atoms with E-state index in [1.807, 2.05) is 6.07 Å². The standard InChI is InChI=1S/C12H13ClN2O2/c1-14(9-5-3-4-8(13)6-9)12(17)10-7-11(16)15(10)2/h3-6,10H,7H2,1-2H3. The Hall–Kier alpha value is -1.55. The smallest absolute Gasteiger partial charge is 0.250 e. The predicted molar refractivity (Wildman–Crippen MR) is 66.0 cm³/mol. The van der Waals surface area contributed by atoms with Crippen LogP contribution in [0.3, 0.4) is 0 Å². The van der Waals surface area contributed by atoms with Gasteiger partial charge < -0.3 is 9.80 Å². The molecule has 1 atom stereocenters. The first-order chi connectivity index (χ1) is 8.00. The number of likely N-dealkylation sites (tertiary alicyclic amines) is 1. The van der Waals surface area contributed by atoms with Gasteiger partial charge in [-0.2, -0.15) is 0 Å². The highest BCUT2D eigenvalue weighted by Crippen LogP contribution is 2.23. The molecule has 0 bridgehead atoms. The SMILES string of the molecule is CN(C(=O)C1CC(=O)N1C)c1cccc(Cl)c1. The van der Waals surface area contributed by atoms with Crippen molar-refractivity contribution in [2.75, 3.05) is 19.0 Å². The lowest BCUT2D eigenvalue weighted by Crippen LogP contribution is -2.57. The van der Waals surface area contributed by atoms with E-state index in [9.17, 15) is 9.59 Å². The molecule has 2 amide bonds. The second-order valence-electron chi connectivity index (χ2n) is 4.10. The number of anilines is 1. The summed E-state index contributed by atoms with van der Waals surface area (Å²) in [5.74, 6) is -0.0859. The Morgan fingerprint density at radius 1 is 1.53 bits per heavy atom. The van der Waals surface area contributed by atoms with Crippen molar-refractivity contribution in [1.29, 1.82) is 0 Å². The van der Waals surface area contributed by atoms with E-state index in [2.05, 4.69) is 0 Å². The van der Waals surface area contributed by atoms with Gasteiger partial charge in [-0.1, -0.05) is 17.7 Å². The number of carbonyl (C=O) groups excluding carboxylic acids is 2. The lowest BCUT2D eigenvalue weighted by molar-refractivity contribution is -0.150. The van der Waals surface area contributed by atoms with Crippen molar-refractivity contribution in [3.05, 3.63) is 29.3 Å². The van der Waals surface area contributed by atoms with E-state index in [-0.39, 0.29) is 17.9 Å². The molecule has 1 saturated heterocycles. The molecule has 17 heavy (non-hydrogen) atoms. The monoisotopic (exact) mass is 252 g/mol. The fraction of sp³-hybridized carbons (Fsp3) is 0.333. The third kappa shape index (κ3) is 2.13. The van der Waals surface area contributed by atoms with E-state index in [4.69, 9.17) is 11.6 Å². The molecule has 5 heteroatoms. The molecule has 1 aromatic carbocycles. The first-order valence-electron chi connectivity index (χ1n) is 5.29. The summed E-state index contributed by atoms with van der Waals surface area (Å²) in [6.07, 6.45) is 0.292. The molecule has 0 radical (unpaired) electrons. The Balaban J connectivity index is 2.13. The first kappa shape index (κ1) is 11.9. The van der Waals surface area contributed by atoms with Gasteiger partial charge in [0, 0.05) is 24.8 Å². The molecular weight excluding hydrogens is 240 g/mol. The fourth-order valence-electron chi connectivity index (χ4n) is 1.80. The topological polar surface area (TPSA) is 40.6 Å². The van der Waals surface area contributed by atoms with Crippen molar-refractivity contribution < 1.29 is 9.59 Å². The largest absolute Gasteiger partial charge is 0.333 e. The molecule has 2 rings (SSSR count). The average Bonchev–Trinajstić information content (AvgIpc) is 2.33. The van der Waals surface area contributed by atoms with Crippen molar-refractivity contribution in [3.8, 4) is 0 Å². The van der Waals surface area contributed by atoms with Crippen molar-refractivity contribution in [3.63, 3.8) is 0 Å². The molecule has 1 fully saturated rings. The number of likely N-dealkylation sites (N-methyl/N-ethyl adjacent to an activating group) is 2. The van der Waals surface area contributed by atoms with Crippen LogP contribution in [0.5, 0.6) is 0 Å². The zero-order chi connectivity index (χ0) is 12.6. The van der Waals surface area contributed by atoms with Crippen LogP contribution in [-0.4, -0.2) is 36.9 Å². The van der Waals surface area contributed by atoms with Gasteiger partial charge in [-0.05, 0) is 18.2 Å². The number of halogens is 1. The van der Waals surface area contributed by atoms with Crippen LogP contribution in [0, 0.1) is 0 Å². The van der Waals surface area contributed by atoms with Gasteiger partial charge in [0.2, 0.25) is 11.8 Å². The van der Waals surface area contributed by atoms with Crippen LogP contribution >= 0.6 is 11.6 Å². The number of amides is 2. The molecule has 0 spiro atoms. The van der Waals surface area contributed by atoms with Crippen LogP contribution in [0.2, 0.25) is 5.02 Å². The number of rotatable bonds is 2. The van der Waals surface area contributed by atoms with Gasteiger partial charge in [0.05, 0.1) is 6.42 Å². The van der Waals surface area contributed by atoms with Crippen LogP contribution in [-0.2, 0) is 9.59 Å². The van der Waals surface area contributed by atoms with E-state index in [1.54, 1.807) is 32.3 Å². The maximum absolute atomic E-state index is 12.1. The highest BCUT2D eigenvalue weighted by atomic mass is 35.5. The second-order valence-corrected chi connectivity index (χ2v) is 4.54. The summed E-state index contributed by atoms with van der Waals surface area (Å²) in [6.45, 7) is 0.